The molecule has 1 fully saturated rings. The van der Waals surface area contributed by atoms with Crippen LogP contribution in [0.4, 0.5) is 5.69 Å². The number of nitrogens with one attached hydrogen (secondary N) is 2. The molecule has 0 spiro atoms. The van der Waals surface area contributed by atoms with Crippen molar-refractivity contribution in [2.24, 2.45) is 0 Å². The molecule has 1 aliphatic carbocycles. The molecular weight excluding hydrogens is 332 g/mol. The van der Waals surface area contributed by atoms with Gasteiger partial charge in [0.25, 0.3) is 11.8 Å². The molecule has 0 saturated heterocycles. The fraction of sp³-hybridized carbons (Fsp3) is 0.250. The van der Waals surface area contributed by atoms with E-state index in [2.05, 4.69) is 10.6 Å². The molecule has 1 aliphatic rings. The second-order valence-electron chi connectivity index (χ2n) is 6.62. The number of carbonyl (C=O) groups is 3. The molecule has 2 aromatic rings. The lowest BCUT2D eigenvalue weighted by atomic mass is 10.0. The zero-order chi connectivity index (χ0) is 18.8. The van der Waals surface area contributed by atoms with Gasteiger partial charge >= 0.3 is 5.97 Å². The quantitative estimate of drug-likeness (QED) is 0.770. The molecule has 3 N–H and O–H groups in total. The normalized spacial score (nSPS) is 13.2. The average Bonchev–Trinajstić information content (AvgIpc) is 3.40. The molecule has 0 radical (unpaired) electrons. The maximum Gasteiger partial charge on any atom is 0.335 e. The van der Waals surface area contributed by atoms with Crippen LogP contribution < -0.4 is 10.6 Å². The SMILES string of the molecule is Cc1cc(C(=O)O)cc(C(=O)Nc2cc(C(=O)NC3CC3)ccc2C)c1. The number of hydrogen-bond acceptors (Lipinski definition) is 3. The Kier molecular flexibility index (Phi) is 4.75. The van der Waals surface area contributed by atoms with E-state index >= 15 is 0 Å². The number of aryl methyl sites for hydroxylation is 2. The van der Waals surface area contributed by atoms with Crippen LogP contribution >= 0.6 is 0 Å². The van der Waals surface area contributed by atoms with Gasteiger partial charge in [-0.3, -0.25) is 9.59 Å². The van der Waals surface area contributed by atoms with Crippen molar-refractivity contribution < 1.29 is 19.5 Å². The molecule has 26 heavy (non-hydrogen) atoms. The molecule has 1 saturated carbocycles. The largest absolute Gasteiger partial charge is 0.478 e. The minimum Gasteiger partial charge on any atom is -0.478 e. The van der Waals surface area contributed by atoms with Gasteiger partial charge in [-0.2, -0.15) is 0 Å². The van der Waals surface area contributed by atoms with Crippen molar-refractivity contribution in [3.8, 4) is 0 Å². The highest BCUT2D eigenvalue weighted by Gasteiger charge is 2.24. The Hall–Kier alpha value is -3.15. The van der Waals surface area contributed by atoms with E-state index in [4.69, 9.17) is 5.11 Å². The standard InChI is InChI=1S/C20H20N2O4/c1-11-7-14(9-15(8-11)20(25)26)19(24)22-17-10-13(4-3-12(17)2)18(23)21-16-5-6-16/h3-4,7-10,16H,5-6H2,1-2H3,(H,21,23)(H,22,24)(H,25,26). The first-order valence-corrected chi connectivity index (χ1v) is 8.41. The highest BCUT2D eigenvalue weighted by Crippen LogP contribution is 2.22. The summed E-state index contributed by atoms with van der Waals surface area (Å²) in [4.78, 5) is 35.9. The lowest BCUT2D eigenvalue weighted by molar-refractivity contribution is 0.0696. The zero-order valence-electron chi connectivity index (χ0n) is 14.6. The van der Waals surface area contributed by atoms with Gasteiger partial charge in [-0.25, -0.2) is 4.79 Å². The van der Waals surface area contributed by atoms with Crippen LogP contribution in [-0.4, -0.2) is 28.9 Å². The second kappa shape index (κ2) is 7.00. The highest BCUT2D eigenvalue weighted by atomic mass is 16.4. The molecule has 0 unspecified atom stereocenters. The summed E-state index contributed by atoms with van der Waals surface area (Å²) in [5.41, 5.74) is 2.82. The van der Waals surface area contributed by atoms with Crippen LogP contribution in [0.15, 0.2) is 36.4 Å². The summed E-state index contributed by atoms with van der Waals surface area (Å²) in [6.07, 6.45) is 2.00. The van der Waals surface area contributed by atoms with Crippen LogP contribution in [0.1, 0.15) is 55.0 Å². The summed E-state index contributed by atoms with van der Waals surface area (Å²) in [6, 6.07) is 9.86. The molecule has 6 nitrogen and oxygen atoms in total. The van der Waals surface area contributed by atoms with Crippen LogP contribution in [-0.2, 0) is 0 Å². The van der Waals surface area contributed by atoms with E-state index in [0.717, 1.165) is 18.4 Å². The van der Waals surface area contributed by atoms with Crippen molar-refractivity contribution in [3.05, 3.63) is 64.2 Å². The van der Waals surface area contributed by atoms with Crippen LogP contribution in [0.3, 0.4) is 0 Å². The molecule has 0 atom stereocenters. The Morgan fingerprint density at radius 3 is 2.27 bits per heavy atom. The summed E-state index contributed by atoms with van der Waals surface area (Å²) in [5.74, 6) is -1.66. The van der Waals surface area contributed by atoms with Gasteiger partial charge in [0, 0.05) is 22.9 Å². The molecular formula is C20H20N2O4. The first-order valence-electron chi connectivity index (χ1n) is 8.41. The number of carbonyl (C=O) groups excluding carboxylic acids is 2. The fourth-order valence-corrected chi connectivity index (χ4v) is 2.63. The number of carboxylic acids is 1. The molecule has 3 rings (SSSR count). The smallest absolute Gasteiger partial charge is 0.335 e. The van der Waals surface area contributed by atoms with Crippen LogP contribution in [0.2, 0.25) is 0 Å². The monoisotopic (exact) mass is 352 g/mol. The van der Waals surface area contributed by atoms with E-state index in [1.807, 2.05) is 6.92 Å². The third-order valence-electron chi connectivity index (χ3n) is 4.25. The van der Waals surface area contributed by atoms with Gasteiger partial charge in [0.05, 0.1) is 5.56 Å². The van der Waals surface area contributed by atoms with Crippen LogP contribution in [0.25, 0.3) is 0 Å². The Labute approximate surface area is 151 Å². The number of carboxylic acid groups (broad SMARTS) is 1. The Morgan fingerprint density at radius 1 is 0.923 bits per heavy atom. The predicted molar refractivity (Wildman–Crippen MR) is 97.8 cm³/mol. The lowest BCUT2D eigenvalue weighted by Gasteiger charge is -2.12. The molecule has 0 aliphatic heterocycles. The summed E-state index contributed by atoms with van der Waals surface area (Å²) in [7, 11) is 0. The van der Waals surface area contributed by atoms with Gasteiger partial charge in [-0.15, -0.1) is 0 Å². The molecule has 0 heterocycles. The maximum atomic E-state index is 12.6. The van der Waals surface area contributed by atoms with Crippen molar-refractivity contribution in [2.75, 3.05) is 5.32 Å². The summed E-state index contributed by atoms with van der Waals surface area (Å²) in [6.45, 7) is 3.56. The number of aromatic carboxylic acids is 1. The van der Waals surface area contributed by atoms with Gasteiger partial charge in [0.2, 0.25) is 0 Å². The van der Waals surface area contributed by atoms with Gasteiger partial charge in [-0.1, -0.05) is 6.07 Å². The molecule has 2 amide bonds. The number of benzene rings is 2. The first-order chi connectivity index (χ1) is 12.3. The average molecular weight is 352 g/mol. The zero-order valence-corrected chi connectivity index (χ0v) is 14.6. The third kappa shape index (κ3) is 4.08. The van der Waals surface area contributed by atoms with Crippen molar-refractivity contribution in [1.82, 2.24) is 5.32 Å². The molecule has 2 aromatic carbocycles. The van der Waals surface area contributed by atoms with E-state index in [1.54, 1.807) is 31.2 Å². The Balaban J connectivity index is 1.82. The van der Waals surface area contributed by atoms with E-state index in [-0.39, 0.29) is 23.1 Å². The molecule has 134 valence electrons. The van der Waals surface area contributed by atoms with Crippen LogP contribution in [0.5, 0.6) is 0 Å². The van der Waals surface area contributed by atoms with E-state index < -0.39 is 11.9 Å². The summed E-state index contributed by atoms with van der Waals surface area (Å²) < 4.78 is 0. The summed E-state index contributed by atoms with van der Waals surface area (Å²) >= 11 is 0. The van der Waals surface area contributed by atoms with E-state index in [1.165, 1.54) is 12.1 Å². The van der Waals surface area contributed by atoms with Crippen molar-refractivity contribution in [2.45, 2.75) is 32.7 Å². The van der Waals surface area contributed by atoms with Crippen molar-refractivity contribution in [1.29, 1.82) is 0 Å². The number of anilines is 1. The van der Waals surface area contributed by atoms with Gasteiger partial charge in [0.15, 0.2) is 0 Å². The Morgan fingerprint density at radius 2 is 1.62 bits per heavy atom. The minimum absolute atomic E-state index is 0.0597. The van der Waals surface area contributed by atoms with Gasteiger partial charge < -0.3 is 15.7 Å². The summed E-state index contributed by atoms with van der Waals surface area (Å²) in [5, 5.41) is 14.8. The second-order valence-corrected chi connectivity index (χ2v) is 6.62. The van der Waals surface area contributed by atoms with Crippen LogP contribution in [0, 0.1) is 13.8 Å². The number of amides is 2. The van der Waals surface area contributed by atoms with Gasteiger partial charge in [-0.05, 0) is 68.1 Å². The minimum atomic E-state index is -1.09. The molecule has 6 heteroatoms. The molecule has 0 aromatic heterocycles. The predicted octanol–water partition coefficient (Wildman–Crippen LogP) is 3.15. The molecule has 0 bridgehead atoms. The van der Waals surface area contributed by atoms with E-state index in [9.17, 15) is 14.4 Å². The van der Waals surface area contributed by atoms with Crippen molar-refractivity contribution >= 4 is 23.5 Å². The third-order valence-corrected chi connectivity index (χ3v) is 4.25. The van der Waals surface area contributed by atoms with E-state index in [0.29, 0.717) is 16.8 Å². The number of rotatable bonds is 5. The lowest BCUT2D eigenvalue weighted by Crippen LogP contribution is -2.25. The topological polar surface area (TPSA) is 95.5 Å². The highest BCUT2D eigenvalue weighted by molar-refractivity contribution is 6.07. The Bertz CT molecular complexity index is 901. The maximum absolute atomic E-state index is 12.6. The van der Waals surface area contributed by atoms with Crippen molar-refractivity contribution in [3.63, 3.8) is 0 Å². The number of hydrogen-bond donors (Lipinski definition) is 3. The fourth-order valence-electron chi connectivity index (χ4n) is 2.63. The first kappa shape index (κ1) is 17.7. The van der Waals surface area contributed by atoms with Gasteiger partial charge in [0.1, 0.15) is 0 Å².